The van der Waals surface area contributed by atoms with Crippen LogP contribution >= 0.6 is 11.6 Å². The van der Waals surface area contributed by atoms with Gasteiger partial charge in [-0.3, -0.25) is 4.98 Å². The van der Waals surface area contributed by atoms with Crippen LogP contribution in [-0.4, -0.2) is 16.7 Å². The lowest BCUT2D eigenvalue weighted by atomic mass is 10.1. The average Bonchev–Trinajstić information content (AvgIpc) is 2.40. The third kappa shape index (κ3) is 2.82. The second kappa shape index (κ2) is 5.46. The fraction of sp³-hybridized carbons (Fsp3) is 0.0769. The van der Waals surface area contributed by atoms with Crippen molar-refractivity contribution in [3.63, 3.8) is 0 Å². The van der Waals surface area contributed by atoms with Crippen LogP contribution in [0.4, 0.5) is 5.69 Å². The zero-order valence-electron chi connectivity index (χ0n) is 9.18. The molecule has 0 aliphatic rings. The summed E-state index contributed by atoms with van der Waals surface area (Å²) in [5.74, 6) is 0.637. The highest BCUT2D eigenvalue weighted by atomic mass is 35.5. The van der Waals surface area contributed by atoms with Gasteiger partial charge in [0.05, 0.1) is 11.6 Å². The van der Waals surface area contributed by atoms with E-state index in [9.17, 15) is 0 Å². The van der Waals surface area contributed by atoms with Crippen molar-refractivity contribution in [2.45, 2.75) is 0 Å². The minimum atomic E-state index is 0.227. The van der Waals surface area contributed by atoms with Crippen LogP contribution in [0.5, 0.6) is 0 Å². The minimum Gasteiger partial charge on any atom is -0.386 e. The van der Waals surface area contributed by atoms with E-state index in [1.165, 1.54) is 0 Å². The Morgan fingerprint density at radius 2 is 1.88 bits per heavy atom. The Labute approximate surface area is 105 Å². The number of hydrogen-bond donors (Lipinski definition) is 1. The molecular formula is C13H12ClN3. The van der Waals surface area contributed by atoms with Crippen LogP contribution < -0.4 is 5.73 Å². The summed E-state index contributed by atoms with van der Waals surface area (Å²) in [5.41, 5.74) is 8.55. The molecule has 0 fully saturated rings. The second-order valence-corrected chi connectivity index (χ2v) is 3.76. The molecule has 0 saturated carbocycles. The van der Waals surface area contributed by atoms with Gasteiger partial charge in [0.2, 0.25) is 0 Å². The number of aromatic nitrogens is 1. The first-order valence-electron chi connectivity index (χ1n) is 5.19. The summed E-state index contributed by atoms with van der Waals surface area (Å²) in [6, 6.07) is 11.7. The number of para-hydroxylation sites is 1. The van der Waals surface area contributed by atoms with Crippen LogP contribution in [0, 0.1) is 0 Å². The zero-order valence-corrected chi connectivity index (χ0v) is 9.93. The number of aliphatic imine (C=N–C) groups is 1. The monoisotopic (exact) mass is 245 g/mol. The molecule has 0 bridgehead atoms. The molecule has 2 rings (SSSR count). The van der Waals surface area contributed by atoms with Crippen LogP contribution in [0.1, 0.15) is 0 Å². The number of pyridine rings is 1. The molecule has 0 aliphatic heterocycles. The number of benzene rings is 1. The Balaban J connectivity index is 2.49. The molecule has 2 N–H and O–H groups in total. The van der Waals surface area contributed by atoms with E-state index in [1.807, 2.05) is 36.4 Å². The van der Waals surface area contributed by atoms with E-state index in [-0.39, 0.29) is 5.88 Å². The van der Waals surface area contributed by atoms with E-state index in [0.717, 1.165) is 16.8 Å². The zero-order chi connectivity index (χ0) is 12.1. The number of alkyl halides is 1. The van der Waals surface area contributed by atoms with Crippen molar-refractivity contribution in [2.24, 2.45) is 10.7 Å². The Morgan fingerprint density at radius 1 is 1.18 bits per heavy atom. The molecule has 4 heteroatoms. The van der Waals surface area contributed by atoms with E-state index in [0.29, 0.717) is 5.84 Å². The van der Waals surface area contributed by atoms with Gasteiger partial charge >= 0.3 is 0 Å². The number of amidine groups is 1. The lowest BCUT2D eigenvalue weighted by Gasteiger charge is -2.05. The molecule has 1 aromatic carbocycles. The summed E-state index contributed by atoms with van der Waals surface area (Å²) >= 11 is 5.63. The third-order valence-electron chi connectivity index (χ3n) is 2.30. The molecule has 0 radical (unpaired) electrons. The predicted octanol–water partition coefficient (Wildman–Crippen LogP) is 2.98. The topological polar surface area (TPSA) is 51.3 Å². The first-order chi connectivity index (χ1) is 8.31. The highest BCUT2D eigenvalue weighted by Crippen LogP contribution is 2.29. The van der Waals surface area contributed by atoms with Crippen LogP contribution in [0.2, 0.25) is 0 Å². The van der Waals surface area contributed by atoms with Gasteiger partial charge in [0.25, 0.3) is 0 Å². The summed E-state index contributed by atoms with van der Waals surface area (Å²) in [6.07, 6.45) is 3.50. The van der Waals surface area contributed by atoms with Crippen LogP contribution in [0.15, 0.2) is 53.8 Å². The second-order valence-electron chi connectivity index (χ2n) is 3.49. The number of rotatable bonds is 3. The molecule has 2 aromatic rings. The van der Waals surface area contributed by atoms with Crippen molar-refractivity contribution in [3.8, 4) is 11.1 Å². The Kier molecular flexibility index (Phi) is 3.73. The summed E-state index contributed by atoms with van der Waals surface area (Å²) in [7, 11) is 0. The smallest absolute Gasteiger partial charge is 0.115 e. The average molecular weight is 246 g/mol. The fourth-order valence-electron chi connectivity index (χ4n) is 1.53. The van der Waals surface area contributed by atoms with Crippen molar-refractivity contribution >= 4 is 23.1 Å². The number of nitrogens with two attached hydrogens (primary N) is 1. The first kappa shape index (κ1) is 11.6. The number of hydrogen-bond acceptors (Lipinski definition) is 2. The lowest BCUT2D eigenvalue weighted by molar-refractivity contribution is 1.33. The van der Waals surface area contributed by atoms with Gasteiger partial charge in [-0.25, -0.2) is 4.99 Å². The number of halogens is 1. The van der Waals surface area contributed by atoms with Crippen molar-refractivity contribution in [1.29, 1.82) is 0 Å². The number of nitrogens with zero attached hydrogens (tertiary/aromatic N) is 2. The maximum Gasteiger partial charge on any atom is 0.115 e. The van der Waals surface area contributed by atoms with Crippen LogP contribution in [0.25, 0.3) is 11.1 Å². The van der Waals surface area contributed by atoms with Gasteiger partial charge in [-0.05, 0) is 23.8 Å². The predicted molar refractivity (Wildman–Crippen MR) is 71.7 cm³/mol. The quantitative estimate of drug-likeness (QED) is 0.514. The molecule has 1 aromatic heterocycles. The van der Waals surface area contributed by atoms with E-state index in [1.54, 1.807) is 12.4 Å². The summed E-state index contributed by atoms with van der Waals surface area (Å²) in [6.45, 7) is 0. The first-order valence-corrected chi connectivity index (χ1v) is 5.73. The molecule has 0 saturated heterocycles. The highest BCUT2D eigenvalue weighted by molar-refractivity contribution is 6.28. The molecular weight excluding hydrogens is 234 g/mol. The van der Waals surface area contributed by atoms with Gasteiger partial charge < -0.3 is 5.73 Å². The SMILES string of the molecule is NC(CCl)=Nc1ccccc1-c1ccncc1. The van der Waals surface area contributed by atoms with Gasteiger partial charge in [0, 0.05) is 18.0 Å². The molecule has 17 heavy (non-hydrogen) atoms. The molecule has 0 aliphatic carbocycles. The summed E-state index contributed by atoms with van der Waals surface area (Å²) in [4.78, 5) is 8.29. The largest absolute Gasteiger partial charge is 0.386 e. The van der Waals surface area contributed by atoms with E-state index < -0.39 is 0 Å². The van der Waals surface area contributed by atoms with E-state index in [4.69, 9.17) is 17.3 Å². The Bertz CT molecular complexity index is 523. The van der Waals surface area contributed by atoms with Gasteiger partial charge in [-0.2, -0.15) is 0 Å². The van der Waals surface area contributed by atoms with Crippen molar-refractivity contribution in [1.82, 2.24) is 4.98 Å². The maximum absolute atomic E-state index is 5.66. The van der Waals surface area contributed by atoms with Gasteiger partial charge in [-0.1, -0.05) is 18.2 Å². The molecule has 3 nitrogen and oxygen atoms in total. The molecule has 1 heterocycles. The van der Waals surface area contributed by atoms with Crippen LogP contribution in [-0.2, 0) is 0 Å². The normalized spacial score (nSPS) is 11.5. The summed E-state index contributed by atoms with van der Waals surface area (Å²) < 4.78 is 0. The van der Waals surface area contributed by atoms with Crippen molar-refractivity contribution < 1.29 is 0 Å². The fourth-order valence-corrected chi connectivity index (χ4v) is 1.59. The molecule has 0 unspecified atom stereocenters. The van der Waals surface area contributed by atoms with Gasteiger partial charge in [0.15, 0.2) is 0 Å². The van der Waals surface area contributed by atoms with Gasteiger partial charge in [-0.15, -0.1) is 11.6 Å². The van der Waals surface area contributed by atoms with Crippen molar-refractivity contribution in [3.05, 3.63) is 48.8 Å². The Hall–Kier alpha value is -1.87. The van der Waals surface area contributed by atoms with E-state index >= 15 is 0 Å². The van der Waals surface area contributed by atoms with Crippen molar-refractivity contribution in [2.75, 3.05) is 5.88 Å². The molecule has 0 amide bonds. The van der Waals surface area contributed by atoms with Crippen LogP contribution in [0.3, 0.4) is 0 Å². The molecule has 0 atom stereocenters. The van der Waals surface area contributed by atoms with E-state index in [2.05, 4.69) is 9.98 Å². The highest BCUT2D eigenvalue weighted by Gasteiger charge is 2.03. The minimum absolute atomic E-state index is 0.227. The third-order valence-corrected chi connectivity index (χ3v) is 2.57. The lowest BCUT2D eigenvalue weighted by Crippen LogP contribution is -2.12. The maximum atomic E-state index is 5.66. The van der Waals surface area contributed by atoms with Gasteiger partial charge in [0.1, 0.15) is 5.84 Å². The molecule has 0 spiro atoms. The Morgan fingerprint density at radius 3 is 2.59 bits per heavy atom. The summed E-state index contributed by atoms with van der Waals surface area (Å²) in [5, 5.41) is 0. The molecule has 86 valence electrons. The standard InChI is InChI=1S/C13H12ClN3/c14-9-13(15)17-12-4-2-1-3-11(12)10-5-7-16-8-6-10/h1-8H,9H2,(H2,15,17).